The van der Waals surface area contributed by atoms with Crippen molar-refractivity contribution in [2.45, 2.75) is 37.1 Å². The number of rotatable bonds is 8. The number of carbonyl (C=O) groups excluding carboxylic acids is 1. The molecular formula is C20H29N3O3. The van der Waals surface area contributed by atoms with Crippen molar-refractivity contribution in [3.63, 3.8) is 0 Å². The summed E-state index contributed by atoms with van der Waals surface area (Å²) < 4.78 is 0. The molecule has 1 amide bonds. The van der Waals surface area contributed by atoms with Crippen molar-refractivity contribution in [1.29, 1.82) is 0 Å². The summed E-state index contributed by atoms with van der Waals surface area (Å²) in [5.41, 5.74) is 1.46. The summed E-state index contributed by atoms with van der Waals surface area (Å²) in [6.07, 6.45) is 4.09. The van der Waals surface area contributed by atoms with Crippen LogP contribution in [0.4, 0.5) is 0 Å². The van der Waals surface area contributed by atoms with Crippen molar-refractivity contribution >= 4 is 11.9 Å². The monoisotopic (exact) mass is 359 g/mol. The molecule has 0 unspecified atom stereocenters. The first-order chi connectivity index (χ1) is 12.5. The maximum Gasteiger partial charge on any atom is 0.317 e. The van der Waals surface area contributed by atoms with Gasteiger partial charge in [0.2, 0.25) is 5.91 Å². The summed E-state index contributed by atoms with van der Waals surface area (Å²) in [6, 6.07) is 10.7. The van der Waals surface area contributed by atoms with Gasteiger partial charge in [0.1, 0.15) is 0 Å². The Morgan fingerprint density at radius 2 is 1.88 bits per heavy atom. The zero-order chi connectivity index (χ0) is 18.6. The summed E-state index contributed by atoms with van der Waals surface area (Å²) >= 11 is 0. The van der Waals surface area contributed by atoms with E-state index in [0.29, 0.717) is 19.1 Å². The summed E-state index contributed by atoms with van der Waals surface area (Å²) in [6.45, 7) is 2.90. The van der Waals surface area contributed by atoms with Crippen LogP contribution in [0.15, 0.2) is 30.3 Å². The van der Waals surface area contributed by atoms with E-state index in [1.165, 1.54) is 5.56 Å². The molecule has 0 bridgehead atoms. The van der Waals surface area contributed by atoms with E-state index in [0.717, 1.165) is 38.8 Å². The Kier molecular flexibility index (Phi) is 5.94. The molecule has 2 aliphatic rings. The molecule has 1 aliphatic heterocycles. The SMILES string of the molecule is CN(CC(=O)O)C1CCN(CC(=O)NCC2(c3ccccc3)CC2)CC1. The zero-order valence-electron chi connectivity index (χ0n) is 15.5. The van der Waals surface area contributed by atoms with E-state index in [2.05, 4.69) is 34.5 Å². The summed E-state index contributed by atoms with van der Waals surface area (Å²) in [5.74, 6) is -0.703. The number of carbonyl (C=O) groups is 2. The third kappa shape index (κ3) is 4.83. The number of likely N-dealkylation sites (tertiary alicyclic amines) is 1. The van der Waals surface area contributed by atoms with Crippen molar-refractivity contribution in [1.82, 2.24) is 15.1 Å². The maximum absolute atomic E-state index is 12.3. The van der Waals surface area contributed by atoms with Crippen LogP contribution in [0.25, 0.3) is 0 Å². The average Bonchev–Trinajstić information content (AvgIpc) is 3.42. The smallest absolute Gasteiger partial charge is 0.317 e. The van der Waals surface area contributed by atoms with Gasteiger partial charge in [-0.15, -0.1) is 0 Å². The number of piperidine rings is 1. The second kappa shape index (κ2) is 8.18. The predicted molar refractivity (Wildman–Crippen MR) is 100 cm³/mol. The average molecular weight is 359 g/mol. The number of likely N-dealkylation sites (N-methyl/N-ethyl adjacent to an activating group) is 1. The van der Waals surface area contributed by atoms with Crippen molar-refractivity contribution in [3.8, 4) is 0 Å². The number of hydrogen-bond donors (Lipinski definition) is 2. The third-order valence-electron chi connectivity index (χ3n) is 5.80. The van der Waals surface area contributed by atoms with E-state index in [-0.39, 0.29) is 17.9 Å². The van der Waals surface area contributed by atoms with Crippen LogP contribution in [-0.2, 0) is 15.0 Å². The molecular weight excluding hydrogens is 330 g/mol. The molecule has 0 aromatic heterocycles. The van der Waals surface area contributed by atoms with Crippen LogP contribution in [0, 0.1) is 0 Å². The molecule has 142 valence electrons. The normalized spacial score (nSPS) is 20.1. The zero-order valence-corrected chi connectivity index (χ0v) is 15.5. The number of carboxylic acid groups (broad SMARTS) is 1. The first-order valence-electron chi connectivity index (χ1n) is 9.45. The van der Waals surface area contributed by atoms with Gasteiger partial charge in [-0.3, -0.25) is 19.4 Å². The highest BCUT2D eigenvalue weighted by Gasteiger charge is 2.44. The minimum Gasteiger partial charge on any atom is -0.480 e. The standard InChI is InChI=1S/C20H29N3O3/c1-22(14-19(25)26)17-7-11-23(12-8-17)13-18(24)21-15-20(9-10-20)16-5-3-2-4-6-16/h2-6,17H,7-15H2,1H3,(H,21,24)(H,25,26). The van der Waals surface area contributed by atoms with E-state index >= 15 is 0 Å². The maximum atomic E-state index is 12.3. The van der Waals surface area contributed by atoms with Gasteiger partial charge in [-0.1, -0.05) is 30.3 Å². The molecule has 3 rings (SSSR count). The minimum atomic E-state index is -0.790. The number of aliphatic carboxylic acids is 1. The quantitative estimate of drug-likeness (QED) is 0.732. The molecule has 6 nitrogen and oxygen atoms in total. The van der Waals surface area contributed by atoms with Crippen LogP contribution >= 0.6 is 0 Å². The van der Waals surface area contributed by atoms with E-state index in [1.54, 1.807) is 0 Å². The fourth-order valence-corrected chi connectivity index (χ4v) is 3.90. The molecule has 6 heteroatoms. The van der Waals surface area contributed by atoms with Crippen LogP contribution in [-0.4, -0.2) is 72.6 Å². The molecule has 0 spiro atoms. The molecule has 1 aliphatic carbocycles. The van der Waals surface area contributed by atoms with Crippen molar-refractivity contribution in [2.75, 3.05) is 39.8 Å². The predicted octanol–water partition coefficient (Wildman–Crippen LogP) is 1.32. The number of amides is 1. The van der Waals surface area contributed by atoms with Crippen molar-refractivity contribution < 1.29 is 14.7 Å². The molecule has 0 atom stereocenters. The number of benzene rings is 1. The van der Waals surface area contributed by atoms with Crippen LogP contribution in [0.3, 0.4) is 0 Å². The van der Waals surface area contributed by atoms with Gasteiger partial charge >= 0.3 is 5.97 Å². The molecule has 0 radical (unpaired) electrons. The molecule has 1 saturated heterocycles. The van der Waals surface area contributed by atoms with Gasteiger partial charge in [0.25, 0.3) is 0 Å². The van der Waals surface area contributed by atoms with Gasteiger partial charge < -0.3 is 10.4 Å². The molecule has 1 saturated carbocycles. The summed E-state index contributed by atoms with van der Waals surface area (Å²) in [7, 11) is 1.86. The molecule has 1 aromatic carbocycles. The van der Waals surface area contributed by atoms with Crippen molar-refractivity contribution in [3.05, 3.63) is 35.9 Å². The fourth-order valence-electron chi connectivity index (χ4n) is 3.90. The van der Waals surface area contributed by atoms with Gasteiger partial charge in [0.05, 0.1) is 13.1 Å². The molecule has 2 N–H and O–H groups in total. The largest absolute Gasteiger partial charge is 0.480 e. The van der Waals surface area contributed by atoms with Gasteiger partial charge in [-0.05, 0) is 38.3 Å². The lowest BCUT2D eigenvalue weighted by Gasteiger charge is -2.35. The Balaban J connectivity index is 1.39. The van der Waals surface area contributed by atoms with E-state index in [4.69, 9.17) is 5.11 Å². The molecule has 1 heterocycles. The van der Waals surface area contributed by atoms with E-state index in [9.17, 15) is 9.59 Å². The second-order valence-electron chi connectivity index (χ2n) is 7.74. The second-order valence-corrected chi connectivity index (χ2v) is 7.74. The van der Waals surface area contributed by atoms with Crippen LogP contribution in [0.5, 0.6) is 0 Å². The Labute approximate surface area is 155 Å². The summed E-state index contributed by atoms with van der Waals surface area (Å²) in [5, 5.41) is 12.0. The molecule has 26 heavy (non-hydrogen) atoms. The topological polar surface area (TPSA) is 72.9 Å². The number of hydrogen-bond acceptors (Lipinski definition) is 4. The lowest BCUT2D eigenvalue weighted by molar-refractivity contribution is -0.138. The van der Waals surface area contributed by atoms with Gasteiger partial charge in [0.15, 0.2) is 0 Å². The third-order valence-corrected chi connectivity index (χ3v) is 5.80. The number of carboxylic acids is 1. The van der Waals surface area contributed by atoms with E-state index < -0.39 is 5.97 Å². The first-order valence-corrected chi connectivity index (χ1v) is 9.45. The Morgan fingerprint density at radius 3 is 2.46 bits per heavy atom. The lowest BCUT2D eigenvalue weighted by Crippen LogP contribution is -2.48. The first kappa shape index (κ1) is 18.9. The Bertz CT molecular complexity index is 622. The number of nitrogens with one attached hydrogen (secondary N) is 1. The Hall–Kier alpha value is -1.92. The fraction of sp³-hybridized carbons (Fsp3) is 0.600. The number of nitrogens with zero attached hydrogens (tertiary/aromatic N) is 2. The highest BCUT2D eigenvalue weighted by atomic mass is 16.4. The summed E-state index contributed by atoms with van der Waals surface area (Å²) in [4.78, 5) is 27.2. The van der Waals surface area contributed by atoms with Crippen LogP contribution < -0.4 is 5.32 Å². The van der Waals surface area contributed by atoms with Crippen LogP contribution in [0.1, 0.15) is 31.2 Å². The van der Waals surface area contributed by atoms with Crippen molar-refractivity contribution in [2.24, 2.45) is 0 Å². The minimum absolute atomic E-state index is 0.0761. The van der Waals surface area contributed by atoms with Crippen LogP contribution in [0.2, 0.25) is 0 Å². The van der Waals surface area contributed by atoms with Gasteiger partial charge in [0, 0.05) is 31.1 Å². The molecule has 1 aromatic rings. The van der Waals surface area contributed by atoms with E-state index in [1.807, 2.05) is 18.0 Å². The highest BCUT2D eigenvalue weighted by Crippen LogP contribution is 2.47. The van der Waals surface area contributed by atoms with Gasteiger partial charge in [-0.25, -0.2) is 0 Å². The van der Waals surface area contributed by atoms with Gasteiger partial charge in [-0.2, -0.15) is 0 Å². The highest BCUT2D eigenvalue weighted by molar-refractivity contribution is 5.78. The molecule has 2 fully saturated rings. The Morgan fingerprint density at radius 1 is 1.23 bits per heavy atom. The lowest BCUT2D eigenvalue weighted by atomic mass is 9.96.